The number of carbonyl (C=O) groups is 3. The monoisotopic (exact) mass is 420 g/mol. The summed E-state index contributed by atoms with van der Waals surface area (Å²) >= 11 is 0. The normalized spacial score (nSPS) is 12.9. The fourth-order valence-corrected chi connectivity index (χ4v) is 3.77. The minimum absolute atomic E-state index is 0.0145. The molecule has 0 saturated carbocycles. The molecule has 2 aromatic rings. The molecule has 0 unspecified atom stereocenters. The van der Waals surface area contributed by atoms with Crippen molar-refractivity contribution in [3.63, 3.8) is 0 Å². The van der Waals surface area contributed by atoms with E-state index in [2.05, 4.69) is 11.4 Å². The van der Waals surface area contributed by atoms with Crippen LogP contribution in [0.4, 0.5) is 0 Å². The Bertz CT molecular complexity index is 948. The van der Waals surface area contributed by atoms with Crippen molar-refractivity contribution >= 4 is 17.6 Å². The van der Waals surface area contributed by atoms with Gasteiger partial charge in [-0.05, 0) is 74.4 Å². The zero-order valence-corrected chi connectivity index (χ0v) is 18.7. The maximum atomic E-state index is 12.5. The summed E-state index contributed by atoms with van der Waals surface area (Å²) in [5, 5.41) is 2.86. The molecule has 3 rings (SSSR count). The van der Waals surface area contributed by atoms with Gasteiger partial charge < -0.3 is 10.2 Å². The number of Topliss-reactive ketones (excluding diaryl/α,β-unsaturated/α-hetero) is 1. The molecular weight excluding hydrogens is 388 g/mol. The zero-order chi connectivity index (χ0) is 22.4. The van der Waals surface area contributed by atoms with Crippen molar-refractivity contribution in [1.29, 1.82) is 0 Å². The average Bonchev–Trinajstić information content (AvgIpc) is 2.80. The largest absolute Gasteiger partial charge is 0.352 e. The first kappa shape index (κ1) is 22.7. The molecular formula is C26H32N2O3. The molecule has 0 heterocycles. The van der Waals surface area contributed by atoms with Crippen molar-refractivity contribution in [3.05, 3.63) is 70.3 Å². The van der Waals surface area contributed by atoms with Crippen molar-refractivity contribution in [2.24, 2.45) is 0 Å². The van der Waals surface area contributed by atoms with Gasteiger partial charge in [-0.2, -0.15) is 0 Å². The number of fused-ring (bicyclic) bond motifs is 1. The smallest absolute Gasteiger partial charge is 0.253 e. The topological polar surface area (TPSA) is 66.5 Å². The molecule has 0 aromatic heterocycles. The Morgan fingerprint density at radius 2 is 1.55 bits per heavy atom. The number of rotatable bonds is 8. The maximum Gasteiger partial charge on any atom is 0.253 e. The predicted molar refractivity (Wildman–Crippen MR) is 122 cm³/mol. The van der Waals surface area contributed by atoms with E-state index in [-0.39, 0.29) is 36.5 Å². The second kappa shape index (κ2) is 10.4. The summed E-state index contributed by atoms with van der Waals surface area (Å²) in [6.07, 6.45) is 4.90. The second-order valence-electron chi connectivity index (χ2n) is 8.60. The number of aryl methyl sites for hydroxylation is 2. The number of hydrogen-bond acceptors (Lipinski definition) is 3. The van der Waals surface area contributed by atoms with E-state index in [1.807, 2.05) is 38.1 Å². The van der Waals surface area contributed by atoms with Crippen molar-refractivity contribution in [2.45, 2.75) is 65.0 Å². The van der Waals surface area contributed by atoms with Gasteiger partial charge in [0.1, 0.15) is 0 Å². The number of carbonyl (C=O) groups excluding carboxylic acids is 3. The molecule has 164 valence electrons. The van der Waals surface area contributed by atoms with Crippen LogP contribution in [0.15, 0.2) is 42.5 Å². The molecule has 0 aliphatic heterocycles. The Kier molecular flexibility index (Phi) is 7.61. The molecule has 1 N–H and O–H groups in total. The van der Waals surface area contributed by atoms with Gasteiger partial charge in [-0.1, -0.05) is 24.3 Å². The zero-order valence-electron chi connectivity index (χ0n) is 18.7. The van der Waals surface area contributed by atoms with Crippen molar-refractivity contribution in [1.82, 2.24) is 10.2 Å². The molecule has 0 radical (unpaired) electrons. The average molecular weight is 421 g/mol. The summed E-state index contributed by atoms with van der Waals surface area (Å²) < 4.78 is 0. The van der Waals surface area contributed by atoms with Gasteiger partial charge in [-0.25, -0.2) is 0 Å². The fourth-order valence-electron chi connectivity index (χ4n) is 3.77. The molecule has 2 amide bonds. The first-order valence-corrected chi connectivity index (χ1v) is 11.1. The van der Waals surface area contributed by atoms with E-state index in [1.165, 1.54) is 24.0 Å². The Morgan fingerprint density at radius 1 is 0.903 bits per heavy atom. The molecule has 1 aliphatic rings. The van der Waals surface area contributed by atoms with E-state index in [4.69, 9.17) is 0 Å². The third kappa shape index (κ3) is 6.03. The summed E-state index contributed by atoms with van der Waals surface area (Å²) in [5.74, 6) is -0.155. The third-order valence-corrected chi connectivity index (χ3v) is 6.04. The van der Waals surface area contributed by atoms with Gasteiger partial charge in [0.05, 0.1) is 0 Å². The van der Waals surface area contributed by atoms with Crippen LogP contribution in [0.1, 0.15) is 76.9 Å². The summed E-state index contributed by atoms with van der Waals surface area (Å²) in [6.45, 7) is 4.32. The van der Waals surface area contributed by atoms with Gasteiger partial charge >= 0.3 is 0 Å². The standard InChI is InChI=1S/C26H32N2O3/c1-18(2)28(3)26(31)21-10-8-19(9-11-21)17-27-25(30)15-14-24(29)23-13-12-20-6-4-5-7-22(20)16-23/h8-13,16,18H,4-7,14-15,17H2,1-3H3,(H,27,30). The second-order valence-corrected chi connectivity index (χ2v) is 8.60. The highest BCUT2D eigenvalue weighted by Crippen LogP contribution is 2.23. The lowest BCUT2D eigenvalue weighted by molar-refractivity contribution is -0.121. The van der Waals surface area contributed by atoms with Crippen molar-refractivity contribution in [3.8, 4) is 0 Å². The molecule has 0 saturated heterocycles. The number of nitrogens with one attached hydrogen (secondary N) is 1. The molecule has 2 aromatic carbocycles. The molecule has 5 heteroatoms. The number of benzene rings is 2. The van der Waals surface area contributed by atoms with Crippen LogP contribution in [0.25, 0.3) is 0 Å². The van der Waals surface area contributed by atoms with Gasteiger partial charge in [-0.3, -0.25) is 14.4 Å². The minimum atomic E-state index is -0.147. The van der Waals surface area contributed by atoms with Crippen LogP contribution in [0, 0.1) is 0 Å². The minimum Gasteiger partial charge on any atom is -0.352 e. The van der Waals surface area contributed by atoms with E-state index in [9.17, 15) is 14.4 Å². The number of nitrogens with zero attached hydrogens (tertiary/aromatic N) is 1. The Hall–Kier alpha value is -2.95. The quantitative estimate of drug-likeness (QED) is 0.647. The molecule has 0 fully saturated rings. The first-order valence-electron chi connectivity index (χ1n) is 11.1. The Balaban J connectivity index is 1.46. The number of hydrogen-bond donors (Lipinski definition) is 1. The lowest BCUT2D eigenvalue weighted by Gasteiger charge is -2.21. The molecule has 31 heavy (non-hydrogen) atoms. The SMILES string of the molecule is CC(C)N(C)C(=O)c1ccc(CNC(=O)CCC(=O)c2ccc3c(c2)CCCC3)cc1. The maximum absolute atomic E-state index is 12.5. The Labute approximate surface area is 184 Å². The van der Waals surface area contributed by atoms with Crippen LogP contribution in [0.5, 0.6) is 0 Å². The summed E-state index contributed by atoms with van der Waals surface area (Å²) in [6, 6.07) is 13.4. The van der Waals surface area contributed by atoms with Crippen LogP contribution < -0.4 is 5.32 Å². The highest BCUT2D eigenvalue weighted by Gasteiger charge is 2.15. The van der Waals surface area contributed by atoms with E-state index >= 15 is 0 Å². The molecule has 0 spiro atoms. The van der Waals surface area contributed by atoms with Crippen molar-refractivity contribution < 1.29 is 14.4 Å². The van der Waals surface area contributed by atoms with Gasteiger partial charge in [0.15, 0.2) is 5.78 Å². The molecule has 0 bridgehead atoms. The van der Waals surface area contributed by atoms with Gasteiger partial charge in [0.2, 0.25) is 5.91 Å². The predicted octanol–water partition coefficient (Wildman–Crippen LogP) is 4.33. The van der Waals surface area contributed by atoms with Crippen LogP contribution >= 0.6 is 0 Å². The molecule has 0 atom stereocenters. The van der Waals surface area contributed by atoms with Crippen LogP contribution in [0.2, 0.25) is 0 Å². The molecule has 1 aliphatic carbocycles. The van der Waals surface area contributed by atoms with Crippen molar-refractivity contribution in [2.75, 3.05) is 7.05 Å². The number of amides is 2. The summed E-state index contributed by atoms with van der Waals surface area (Å²) in [4.78, 5) is 38.7. The molecule has 5 nitrogen and oxygen atoms in total. The van der Waals surface area contributed by atoms with Gasteiger partial charge in [0, 0.05) is 43.6 Å². The van der Waals surface area contributed by atoms with Crippen LogP contribution in [-0.4, -0.2) is 35.6 Å². The van der Waals surface area contributed by atoms with E-state index in [0.29, 0.717) is 17.7 Å². The van der Waals surface area contributed by atoms with Gasteiger partial charge in [0.25, 0.3) is 5.91 Å². The van der Waals surface area contributed by atoms with E-state index < -0.39 is 0 Å². The highest BCUT2D eigenvalue weighted by atomic mass is 16.2. The lowest BCUT2D eigenvalue weighted by atomic mass is 9.89. The summed E-state index contributed by atoms with van der Waals surface area (Å²) in [5.41, 5.74) is 4.88. The van der Waals surface area contributed by atoms with E-state index in [0.717, 1.165) is 18.4 Å². The fraction of sp³-hybridized carbons (Fsp3) is 0.423. The lowest BCUT2D eigenvalue weighted by Crippen LogP contribution is -2.32. The van der Waals surface area contributed by atoms with Crippen LogP contribution in [-0.2, 0) is 24.2 Å². The van der Waals surface area contributed by atoms with Gasteiger partial charge in [-0.15, -0.1) is 0 Å². The van der Waals surface area contributed by atoms with Crippen LogP contribution in [0.3, 0.4) is 0 Å². The van der Waals surface area contributed by atoms with E-state index in [1.54, 1.807) is 24.1 Å². The number of ketones is 1. The Morgan fingerprint density at radius 3 is 2.23 bits per heavy atom. The summed E-state index contributed by atoms with van der Waals surface area (Å²) in [7, 11) is 1.78. The highest BCUT2D eigenvalue weighted by molar-refractivity contribution is 5.98. The third-order valence-electron chi connectivity index (χ3n) is 6.04. The first-order chi connectivity index (χ1) is 14.8.